The molecule has 0 fully saturated rings. The molecule has 4 heteroatoms. The summed E-state index contributed by atoms with van der Waals surface area (Å²) in [5, 5.41) is 0. The van der Waals surface area contributed by atoms with Crippen molar-refractivity contribution in [3.63, 3.8) is 0 Å². The molecule has 16 heavy (non-hydrogen) atoms. The van der Waals surface area contributed by atoms with Gasteiger partial charge in [-0.05, 0) is 12.1 Å². The second kappa shape index (κ2) is 3.63. The van der Waals surface area contributed by atoms with Crippen molar-refractivity contribution >= 4 is 5.69 Å². The van der Waals surface area contributed by atoms with Gasteiger partial charge in [0.05, 0.1) is 17.6 Å². The summed E-state index contributed by atoms with van der Waals surface area (Å²) >= 11 is 0. The van der Waals surface area contributed by atoms with Crippen molar-refractivity contribution in [1.29, 1.82) is 0 Å². The summed E-state index contributed by atoms with van der Waals surface area (Å²) in [6.07, 6.45) is 5.42. The van der Waals surface area contributed by atoms with Crippen molar-refractivity contribution in [3.05, 3.63) is 36.5 Å². The fraction of sp³-hybridized carbons (Fsp3) is 0.333. The summed E-state index contributed by atoms with van der Waals surface area (Å²) in [5.41, 5.74) is 7.36. The monoisotopic (exact) mass is 216 g/mol. The van der Waals surface area contributed by atoms with Crippen LogP contribution in [0.25, 0.3) is 5.82 Å². The predicted octanol–water partition coefficient (Wildman–Crippen LogP) is 2.15. The van der Waals surface area contributed by atoms with Crippen LogP contribution in [-0.2, 0) is 5.41 Å². The molecule has 0 aliphatic heterocycles. The highest BCUT2D eigenvalue weighted by atomic mass is 15.1. The molecule has 0 saturated carbocycles. The van der Waals surface area contributed by atoms with Gasteiger partial charge in [0.15, 0.2) is 0 Å². The number of nitrogen functional groups attached to an aromatic ring is 1. The molecular formula is C12H16N4. The van der Waals surface area contributed by atoms with E-state index < -0.39 is 0 Å². The normalized spacial score (nSPS) is 11.7. The van der Waals surface area contributed by atoms with E-state index in [1.54, 1.807) is 12.5 Å². The van der Waals surface area contributed by atoms with E-state index in [9.17, 15) is 0 Å². The first-order valence-corrected chi connectivity index (χ1v) is 5.23. The largest absolute Gasteiger partial charge is 0.397 e. The van der Waals surface area contributed by atoms with Gasteiger partial charge in [-0.2, -0.15) is 0 Å². The number of pyridine rings is 1. The Morgan fingerprint density at radius 1 is 1.19 bits per heavy atom. The topological polar surface area (TPSA) is 56.7 Å². The van der Waals surface area contributed by atoms with Gasteiger partial charge in [0.1, 0.15) is 12.1 Å². The Morgan fingerprint density at radius 2 is 1.94 bits per heavy atom. The molecule has 0 atom stereocenters. The third-order valence-electron chi connectivity index (χ3n) is 2.39. The van der Waals surface area contributed by atoms with Gasteiger partial charge in [-0.25, -0.2) is 9.97 Å². The number of aromatic nitrogens is 3. The molecular weight excluding hydrogens is 200 g/mol. The van der Waals surface area contributed by atoms with Gasteiger partial charge in [-0.15, -0.1) is 0 Å². The molecule has 0 unspecified atom stereocenters. The second-order valence-electron chi connectivity index (χ2n) is 4.87. The summed E-state index contributed by atoms with van der Waals surface area (Å²) in [6, 6.07) is 3.71. The minimum Gasteiger partial charge on any atom is -0.397 e. The van der Waals surface area contributed by atoms with Gasteiger partial charge in [0, 0.05) is 11.6 Å². The molecule has 0 aliphatic carbocycles. The number of nitrogens with two attached hydrogens (primary N) is 1. The molecule has 2 N–H and O–H groups in total. The van der Waals surface area contributed by atoms with Gasteiger partial charge in [-0.3, -0.25) is 4.57 Å². The first kappa shape index (κ1) is 10.7. The molecule has 0 aliphatic rings. The predicted molar refractivity (Wildman–Crippen MR) is 64.5 cm³/mol. The maximum Gasteiger partial charge on any atom is 0.137 e. The zero-order valence-corrected chi connectivity index (χ0v) is 9.81. The highest BCUT2D eigenvalue weighted by molar-refractivity contribution is 5.38. The fourth-order valence-electron chi connectivity index (χ4n) is 1.39. The van der Waals surface area contributed by atoms with Gasteiger partial charge in [0.25, 0.3) is 0 Å². The lowest BCUT2D eigenvalue weighted by molar-refractivity contribution is 0.572. The van der Waals surface area contributed by atoms with Crippen LogP contribution < -0.4 is 5.73 Å². The maximum absolute atomic E-state index is 5.59. The van der Waals surface area contributed by atoms with E-state index in [0.29, 0.717) is 5.69 Å². The number of nitrogens with zero attached hydrogens (tertiary/aromatic N) is 3. The average Bonchev–Trinajstić information content (AvgIpc) is 2.67. The Hall–Kier alpha value is -1.84. The zero-order chi connectivity index (χ0) is 11.8. The van der Waals surface area contributed by atoms with Gasteiger partial charge in [0.2, 0.25) is 0 Å². The third kappa shape index (κ3) is 2.05. The lowest BCUT2D eigenvalue weighted by atomic mass is 9.93. The molecule has 0 spiro atoms. The summed E-state index contributed by atoms with van der Waals surface area (Å²) in [5.74, 6) is 0.831. The standard InChI is InChI=1S/C12H16N4/c1-12(2,3)10-7-16(8-15-10)11-5-4-9(13)6-14-11/h4-8H,13H2,1-3H3. The molecule has 0 bridgehead atoms. The van der Waals surface area contributed by atoms with E-state index in [-0.39, 0.29) is 5.41 Å². The Labute approximate surface area is 95.1 Å². The molecule has 0 saturated heterocycles. The summed E-state index contributed by atoms with van der Waals surface area (Å²) < 4.78 is 1.90. The number of hydrogen-bond acceptors (Lipinski definition) is 3. The molecule has 4 nitrogen and oxygen atoms in total. The molecule has 0 aromatic carbocycles. The highest BCUT2D eigenvalue weighted by Gasteiger charge is 2.16. The van der Waals surface area contributed by atoms with Crippen molar-refractivity contribution in [2.24, 2.45) is 0 Å². The number of imidazole rings is 1. The van der Waals surface area contributed by atoms with Crippen LogP contribution in [0.4, 0.5) is 5.69 Å². The molecule has 2 aromatic heterocycles. The van der Waals surface area contributed by atoms with Crippen LogP contribution in [0.5, 0.6) is 0 Å². The Morgan fingerprint density at radius 3 is 2.44 bits per heavy atom. The van der Waals surface area contributed by atoms with Crippen LogP contribution in [-0.4, -0.2) is 14.5 Å². The number of anilines is 1. The molecule has 2 heterocycles. The van der Waals surface area contributed by atoms with Crippen LogP contribution >= 0.6 is 0 Å². The van der Waals surface area contributed by atoms with Crippen molar-refractivity contribution in [2.75, 3.05) is 5.73 Å². The van der Waals surface area contributed by atoms with Crippen molar-refractivity contribution in [3.8, 4) is 5.82 Å². The minimum absolute atomic E-state index is 0.0546. The maximum atomic E-state index is 5.59. The average molecular weight is 216 g/mol. The zero-order valence-electron chi connectivity index (χ0n) is 9.81. The summed E-state index contributed by atoms with van der Waals surface area (Å²) in [7, 11) is 0. The van der Waals surface area contributed by atoms with E-state index in [4.69, 9.17) is 5.73 Å². The van der Waals surface area contributed by atoms with E-state index in [0.717, 1.165) is 11.5 Å². The number of hydrogen-bond donors (Lipinski definition) is 1. The Kier molecular flexibility index (Phi) is 2.42. The second-order valence-corrected chi connectivity index (χ2v) is 4.87. The SMILES string of the molecule is CC(C)(C)c1cn(-c2ccc(N)cn2)cn1. The number of rotatable bonds is 1. The van der Waals surface area contributed by atoms with Gasteiger partial charge < -0.3 is 5.73 Å². The van der Waals surface area contributed by atoms with Crippen LogP contribution in [0.3, 0.4) is 0 Å². The molecule has 0 radical (unpaired) electrons. The van der Waals surface area contributed by atoms with Crippen LogP contribution in [0.15, 0.2) is 30.9 Å². The quantitative estimate of drug-likeness (QED) is 0.794. The van der Waals surface area contributed by atoms with Crippen LogP contribution in [0.1, 0.15) is 26.5 Å². The van der Waals surface area contributed by atoms with E-state index in [1.165, 1.54) is 0 Å². The van der Waals surface area contributed by atoms with Gasteiger partial charge >= 0.3 is 0 Å². The van der Waals surface area contributed by atoms with Crippen molar-refractivity contribution in [1.82, 2.24) is 14.5 Å². The van der Waals surface area contributed by atoms with Gasteiger partial charge in [-0.1, -0.05) is 20.8 Å². The van der Waals surface area contributed by atoms with E-state index in [2.05, 4.69) is 30.7 Å². The lowest BCUT2D eigenvalue weighted by Crippen LogP contribution is -2.11. The molecule has 2 rings (SSSR count). The highest BCUT2D eigenvalue weighted by Crippen LogP contribution is 2.20. The summed E-state index contributed by atoms with van der Waals surface area (Å²) in [4.78, 5) is 8.62. The first-order chi connectivity index (χ1) is 7.47. The Balaban J connectivity index is 2.35. The van der Waals surface area contributed by atoms with Crippen LogP contribution in [0, 0.1) is 0 Å². The molecule has 84 valence electrons. The van der Waals surface area contributed by atoms with Crippen LogP contribution in [0.2, 0.25) is 0 Å². The van der Waals surface area contributed by atoms with Crippen molar-refractivity contribution < 1.29 is 0 Å². The minimum atomic E-state index is 0.0546. The smallest absolute Gasteiger partial charge is 0.137 e. The fourth-order valence-corrected chi connectivity index (χ4v) is 1.39. The lowest BCUT2D eigenvalue weighted by Gasteiger charge is -2.14. The van der Waals surface area contributed by atoms with Crippen molar-refractivity contribution in [2.45, 2.75) is 26.2 Å². The first-order valence-electron chi connectivity index (χ1n) is 5.23. The third-order valence-corrected chi connectivity index (χ3v) is 2.39. The Bertz CT molecular complexity index is 476. The summed E-state index contributed by atoms with van der Waals surface area (Å²) in [6.45, 7) is 6.41. The van der Waals surface area contributed by atoms with E-state index >= 15 is 0 Å². The van der Waals surface area contributed by atoms with E-state index in [1.807, 2.05) is 22.9 Å². The molecule has 2 aromatic rings. The molecule has 0 amide bonds.